The minimum atomic E-state index is -0.194. The van der Waals surface area contributed by atoms with Crippen LogP contribution in [0.25, 0.3) is 0 Å². The zero-order chi connectivity index (χ0) is 4.41. The molecule has 1 aliphatic rings. The highest BCUT2D eigenvalue weighted by Gasteiger charge is 2.14. The monoisotopic (exact) mass is 125 g/mol. The summed E-state index contributed by atoms with van der Waals surface area (Å²) in [5, 5.41) is 2.92. The second kappa shape index (κ2) is 3.22. The zero-order valence-electron chi connectivity index (χ0n) is 3.98. The van der Waals surface area contributed by atoms with Crippen molar-refractivity contribution in [3.05, 3.63) is 0 Å². The van der Waals surface area contributed by atoms with E-state index in [4.69, 9.17) is 0 Å². The van der Waals surface area contributed by atoms with Gasteiger partial charge in [-0.05, 0) is 13.0 Å². The molecule has 0 bridgehead atoms. The van der Waals surface area contributed by atoms with Crippen molar-refractivity contribution in [1.29, 1.82) is 0 Å². The molecule has 0 radical (unpaired) electrons. The molecule has 1 unspecified atom stereocenters. The molecule has 0 spiro atoms. The SMILES string of the molecule is Cl.FCC1CCN1. The van der Waals surface area contributed by atoms with Crippen LogP contribution in [0.15, 0.2) is 0 Å². The van der Waals surface area contributed by atoms with Gasteiger partial charge in [0.05, 0.1) is 0 Å². The van der Waals surface area contributed by atoms with E-state index in [9.17, 15) is 4.39 Å². The van der Waals surface area contributed by atoms with Crippen molar-refractivity contribution in [3.8, 4) is 0 Å². The van der Waals surface area contributed by atoms with Crippen molar-refractivity contribution in [2.24, 2.45) is 0 Å². The summed E-state index contributed by atoms with van der Waals surface area (Å²) in [6.45, 7) is 0.814. The predicted molar refractivity (Wildman–Crippen MR) is 29.6 cm³/mol. The lowest BCUT2D eigenvalue weighted by Gasteiger charge is -2.23. The molecule has 0 saturated carbocycles. The van der Waals surface area contributed by atoms with Gasteiger partial charge in [-0.25, -0.2) is 4.39 Å². The summed E-state index contributed by atoms with van der Waals surface area (Å²) >= 11 is 0. The van der Waals surface area contributed by atoms with E-state index in [-0.39, 0.29) is 25.1 Å². The highest BCUT2D eigenvalue weighted by molar-refractivity contribution is 5.85. The molecule has 44 valence electrons. The van der Waals surface area contributed by atoms with Crippen LogP contribution in [0.5, 0.6) is 0 Å². The van der Waals surface area contributed by atoms with Gasteiger partial charge in [0.25, 0.3) is 0 Å². The van der Waals surface area contributed by atoms with Gasteiger partial charge in [-0.1, -0.05) is 0 Å². The van der Waals surface area contributed by atoms with Crippen molar-refractivity contribution >= 4 is 12.4 Å². The fourth-order valence-corrected chi connectivity index (χ4v) is 0.480. The van der Waals surface area contributed by atoms with E-state index in [2.05, 4.69) is 5.32 Å². The predicted octanol–water partition coefficient (Wildman–Crippen LogP) is 0.740. The summed E-state index contributed by atoms with van der Waals surface area (Å²) in [7, 11) is 0. The van der Waals surface area contributed by atoms with Gasteiger partial charge >= 0.3 is 0 Å². The van der Waals surface area contributed by atoms with Crippen molar-refractivity contribution in [2.75, 3.05) is 13.2 Å². The van der Waals surface area contributed by atoms with Gasteiger partial charge in [0.2, 0.25) is 0 Å². The highest BCUT2D eigenvalue weighted by atomic mass is 35.5. The second-order valence-electron chi connectivity index (χ2n) is 1.59. The van der Waals surface area contributed by atoms with Crippen molar-refractivity contribution in [1.82, 2.24) is 5.32 Å². The van der Waals surface area contributed by atoms with E-state index in [1.165, 1.54) is 0 Å². The van der Waals surface area contributed by atoms with E-state index < -0.39 is 0 Å². The van der Waals surface area contributed by atoms with Crippen LogP contribution in [-0.4, -0.2) is 19.3 Å². The van der Waals surface area contributed by atoms with Crippen LogP contribution in [0.2, 0.25) is 0 Å². The molecule has 1 rings (SSSR count). The Bertz CT molecular complexity index is 44.2. The third-order valence-corrected chi connectivity index (χ3v) is 1.11. The number of nitrogens with one attached hydrogen (secondary N) is 1. The Morgan fingerprint density at radius 1 is 1.71 bits per heavy atom. The van der Waals surface area contributed by atoms with E-state index in [1.54, 1.807) is 0 Å². The van der Waals surface area contributed by atoms with E-state index in [0.717, 1.165) is 13.0 Å². The van der Waals surface area contributed by atoms with E-state index in [1.807, 2.05) is 0 Å². The van der Waals surface area contributed by atoms with E-state index in [0.29, 0.717) is 0 Å². The van der Waals surface area contributed by atoms with Gasteiger partial charge in [-0.2, -0.15) is 0 Å². The molecule has 0 aromatic heterocycles. The fraction of sp³-hybridized carbons (Fsp3) is 1.00. The van der Waals surface area contributed by atoms with Crippen LogP contribution in [0, 0.1) is 0 Å². The van der Waals surface area contributed by atoms with Crippen LogP contribution in [0.4, 0.5) is 4.39 Å². The topological polar surface area (TPSA) is 12.0 Å². The first-order valence-electron chi connectivity index (χ1n) is 2.23. The van der Waals surface area contributed by atoms with Crippen LogP contribution in [0.3, 0.4) is 0 Å². The molecule has 0 aromatic carbocycles. The van der Waals surface area contributed by atoms with Crippen molar-refractivity contribution in [2.45, 2.75) is 12.5 Å². The Morgan fingerprint density at radius 2 is 2.29 bits per heavy atom. The van der Waals surface area contributed by atoms with Gasteiger partial charge < -0.3 is 5.32 Å². The van der Waals surface area contributed by atoms with Crippen LogP contribution in [-0.2, 0) is 0 Å². The molecule has 1 heterocycles. The summed E-state index contributed by atoms with van der Waals surface area (Å²) in [6, 6.07) is 0.199. The average Bonchev–Trinajstić information content (AvgIpc) is 1.31. The minimum absolute atomic E-state index is 0. The van der Waals surface area contributed by atoms with Crippen LogP contribution in [0.1, 0.15) is 6.42 Å². The number of hydrogen-bond acceptors (Lipinski definition) is 1. The van der Waals surface area contributed by atoms with Crippen LogP contribution < -0.4 is 5.32 Å². The maximum Gasteiger partial charge on any atom is 0.105 e. The number of hydrogen-bond donors (Lipinski definition) is 1. The Morgan fingerprint density at radius 3 is 2.29 bits per heavy atom. The lowest BCUT2D eigenvalue weighted by Crippen LogP contribution is -2.44. The van der Waals surface area contributed by atoms with Gasteiger partial charge in [0.1, 0.15) is 6.67 Å². The molecule has 1 saturated heterocycles. The number of alkyl halides is 1. The van der Waals surface area contributed by atoms with Gasteiger partial charge in [0.15, 0.2) is 0 Å². The maximum absolute atomic E-state index is 11.4. The smallest absolute Gasteiger partial charge is 0.105 e. The molecule has 3 heteroatoms. The Hall–Kier alpha value is 0.180. The molecule has 0 aromatic rings. The molecular formula is C4H9ClFN. The molecule has 1 aliphatic heterocycles. The van der Waals surface area contributed by atoms with Crippen molar-refractivity contribution in [3.63, 3.8) is 0 Å². The van der Waals surface area contributed by atoms with Crippen LogP contribution >= 0.6 is 12.4 Å². The quantitative estimate of drug-likeness (QED) is 0.545. The summed E-state index contributed by atoms with van der Waals surface area (Å²) in [5.74, 6) is 0. The normalized spacial score (nSPS) is 27.9. The largest absolute Gasteiger partial charge is 0.311 e. The molecular weight excluding hydrogens is 117 g/mol. The molecule has 0 aliphatic carbocycles. The maximum atomic E-state index is 11.4. The summed E-state index contributed by atoms with van der Waals surface area (Å²) < 4.78 is 11.4. The first-order valence-corrected chi connectivity index (χ1v) is 2.23. The number of halogens is 2. The van der Waals surface area contributed by atoms with Gasteiger partial charge in [-0.15, -0.1) is 12.4 Å². The van der Waals surface area contributed by atoms with E-state index >= 15 is 0 Å². The number of rotatable bonds is 1. The Labute approximate surface area is 48.7 Å². The fourth-order valence-electron chi connectivity index (χ4n) is 0.480. The summed E-state index contributed by atoms with van der Waals surface area (Å²) in [5.41, 5.74) is 0. The third kappa shape index (κ3) is 1.61. The summed E-state index contributed by atoms with van der Waals surface area (Å²) in [6.07, 6.45) is 1.02. The lowest BCUT2D eigenvalue weighted by atomic mass is 10.1. The second-order valence-corrected chi connectivity index (χ2v) is 1.59. The van der Waals surface area contributed by atoms with Gasteiger partial charge in [-0.3, -0.25) is 0 Å². The standard InChI is InChI=1S/C4H8FN.ClH/c5-3-4-1-2-6-4;/h4,6H,1-3H2;1H. The Balaban J connectivity index is 0.000000360. The zero-order valence-corrected chi connectivity index (χ0v) is 4.80. The molecule has 1 atom stereocenters. The first kappa shape index (κ1) is 7.18. The average molecular weight is 126 g/mol. The minimum Gasteiger partial charge on any atom is -0.311 e. The molecule has 1 N–H and O–H groups in total. The van der Waals surface area contributed by atoms with Crippen molar-refractivity contribution < 1.29 is 4.39 Å². The molecule has 0 amide bonds. The molecule has 1 nitrogen and oxygen atoms in total. The highest BCUT2D eigenvalue weighted by Crippen LogP contribution is 2.00. The first-order chi connectivity index (χ1) is 2.93. The lowest BCUT2D eigenvalue weighted by molar-refractivity contribution is 0.291. The molecule has 1 fully saturated rings. The molecule has 7 heavy (non-hydrogen) atoms. The summed E-state index contributed by atoms with van der Waals surface area (Å²) in [4.78, 5) is 0. The Kier molecular flexibility index (Phi) is 3.30. The van der Waals surface area contributed by atoms with Gasteiger partial charge in [0, 0.05) is 6.04 Å². The third-order valence-electron chi connectivity index (χ3n) is 1.11.